The number of thiophene rings is 2. The zero-order chi connectivity index (χ0) is 13.2. The molecule has 19 heavy (non-hydrogen) atoms. The lowest BCUT2D eigenvalue weighted by atomic mass is 10.1. The molecule has 0 saturated carbocycles. The smallest absolute Gasteiger partial charge is 0.150 e. The van der Waals surface area contributed by atoms with Crippen LogP contribution in [-0.2, 0) is 0 Å². The predicted octanol–water partition coefficient (Wildman–Crippen LogP) is 5.26. The van der Waals surface area contributed by atoms with Gasteiger partial charge in [-0.1, -0.05) is 18.2 Å². The molecular weight excluding hydrogens is 272 g/mol. The van der Waals surface area contributed by atoms with Crippen LogP contribution in [0.1, 0.15) is 15.9 Å². The van der Waals surface area contributed by atoms with Crippen molar-refractivity contribution in [2.75, 3.05) is 0 Å². The van der Waals surface area contributed by atoms with Gasteiger partial charge in [-0.3, -0.25) is 4.79 Å². The van der Waals surface area contributed by atoms with E-state index >= 15 is 0 Å². The molecule has 0 unspecified atom stereocenters. The van der Waals surface area contributed by atoms with Crippen LogP contribution in [0.3, 0.4) is 0 Å². The summed E-state index contributed by atoms with van der Waals surface area (Å²) in [6, 6.07) is 14.5. The molecule has 0 aliphatic heterocycles. The van der Waals surface area contributed by atoms with Crippen molar-refractivity contribution in [3.8, 4) is 20.2 Å². The van der Waals surface area contributed by atoms with E-state index in [0.29, 0.717) is 0 Å². The first-order chi connectivity index (χ1) is 9.28. The van der Waals surface area contributed by atoms with Crippen molar-refractivity contribution in [2.24, 2.45) is 0 Å². The maximum Gasteiger partial charge on any atom is 0.150 e. The zero-order valence-corrected chi connectivity index (χ0v) is 12.1. The van der Waals surface area contributed by atoms with Gasteiger partial charge in [0.2, 0.25) is 0 Å². The molecule has 0 bridgehead atoms. The molecule has 0 aliphatic carbocycles. The minimum Gasteiger partial charge on any atom is -0.298 e. The normalized spacial score (nSPS) is 10.6. The Morgan fingerprint density at radius 1 is 1.00 bits per heavy atom. The van der Waals surface area contributed by atoms with E-state index in [1.807, 2.05) is 19.1 Å². The van der Waals surface area contributed by atoms with Gasteiger partial charge in [-0.2, -0.15) is 0 Å². The highest BCUT2D eigenvalue weighted by Gasteiger charge is 2.07. The van der Waals surface area contributed by atoms with Crippen molar-refractivity contribution < 1.29 is 4.79 Å². The van der Waals surface area contributed by atoms with E-state index in [2.05, 4.69) is 35.7 Å². The lowest BCUT2D eigenvalue weighted by molar-refractivity contribution is 0.112. The third kappa shape index (κ3) is 2.39. The number of benzene rings is 1. The molecule has 1 nitrogen and oxygen atoms in total. The van der Waals surface area contributed by atoms with E-state index in [-0.39, 0.29) is 0 Å². The third-order valence-electron chi connectivity index (χ3n) is 3.05. The number of aryl methyl sites for hydroxylation is 1. The fourth-order valence-corrected chi connectivity index (χ4v) is 3.84. The van der Waals surface area contributed by atoms with Crippen LogP contribution in [0.15, 0.2) is 47.8 Å². The van der Waals surface area contributed by atoms with Crippen LogP contribution in [0.25, 0.3) is 20.2 Å². The van der Waals surface area contributed by atoms with Gasteiger partial charge in [-0.25, -0.2) is 0 Å². The summed E-state index contributed by atoms with van der Waals surface area (Å²) in [7, 11) is 0. The first-order valence-electron chi connectivity index (χ1n) is 5.98. The van der Waals surface area contributed by atoms with Crippen molar-refractivity contribution in [1.82, 2.24) is 0 Å². The molecule has 0 N–H and O–H groups in total. The van der Waals surface area contributed by atoms with E-state index in [9.17, 15) is 4.79 Å². The molecule has 0 spiro atoms. The average molecular weight is 284 g/mol. The van der Waals surface area contributed by atoms with Crippen LogP contribution in [0.5, 0.6) is 0 Å². The van der Waals surface area contributed by atoms with E-state index in [1.165, 1.54) is 20.2 Å². The SMILES string of the molecule is Cc1cc(-c2ccc(-c3cccs3)s2)ccc1C=O. The molecule has 1 aromatic carbocycles. The Morgan fingerprint density at radius 3 is 2.53 bits per heavy atom. The average Bonchev–Trinajstić information content (AvgIpc) is 3.09. The maximum atomic E-state index is 10.8. The fourth-order valence-electron chi connectivity index (χ4n) is 2.01. The molecule has 0 atom stereocenters. The zero-order valence-electron chi connectivity index (χ0n) is 10.4. The van der Waals surface area contributed by atoms with E-state index in [4.69, 9.17) is 0 Å². The molecule has 0 aliphatic rings. The monoisotopic (exact) mass is 284 g/mol. The molecule has 0 radical (unpaired) electrons. The lowest BCUT2D eigenvalue weighted by Gasteiger charge is -2.02. The summed E-state index contributed by atoms with van der Waals surface area (Å²) in [5.74, 6) is 0. The highest BCUT2D eigenvalue weighted by atomic mass is 32.1. The van der Waals surface area contributed by atoms with Gasteiger partial charge in [0.1, 0.15) is 6.29 Å². The number of hydrogen-bond donors (Lipinski definition) is 0. The Hall–Kier alpha value is -1.71. The molecule has 3 heteroatoms. The Balaban J connectivity index is 1.99. The molecule has 94 valence electrons. The van der Waals surface area contributed by atoms with Crippen molar-refractivity contribution in [3.05, 3.63) is 59.0 Å². The van der Waals surface area contributed by atoms with Crippen molar-refractivity contribution in [3.63, 3.8) is 0 Å². The molecule has 2 heterocycles. The summed E-state index contributed by atoms with van der Waals surface area (Å²) in [5.41, 5.74) is 2.97. The van der Waals surface area contributed by atoms with Crippen LogP contribution in [0.4, 0.5) is 0 Å². The largest absolute Gasteiger partial charge is 0.298 e. The van der Waals surface area contributed by atoms with Crippen LogP contribution < -0.4 is 0 Å². The van der Waals surface area contributed by atoms with E-state index in [1.54, 1.807) is 22.7 Å². The van der Waals surface area contributed by atoms with Gasteiger partial charge in [0.15, 0.2) is 0 Å². The first kappa shape index (κ1) is 12.3. The van der Waals surface area contributed by atoms with Crippen molar-refractivity contribution in [2.45, 2.75) is 6.92 Å². The fraction of sp³-hybridized carbons (Fsp3) is 0.0625. The minimum atomic E-state index is 0.763. The number of hydrogen-bond acceptors (Lipinski definition) is 3. The van der Waals surface area contributed by atoms with Gasteiger partial charge < -0.3 is 0 Å². The highest BCUT2D eigenvalue weighted by molar-refractivity contribution is 7.23. The van der Waals surface area contributed by atoms with E-state index < -0.39 is 0 Å². The number of carbonyl (C=O) groups is 1. The maximum absolute atomic E-state index is 10.8. The van der Waals surface area contributed by atoms with Gasteiger partial charge in [0, 0.05) is 20.2 Å². The Labute approximate surface area is 120 Å². The van der Waals surface area contributed by atoms with Crippen LogP contribution >= 0.6 is 22.7 Å². The topological polar surface area (TPSA) is 17.1 Å². The van der Waals surface area contributed by atoms with Crippen molar-refractivity contribution >= 4 is 29.0 Å². The standard InChI is InChI=1S/C16H12OS2/c1-11-9-12(4-5-13(11)10-17)14-6-7-16(19-14)15-3-2-8-18-15/h2-10H,1H3. The summed E-state index contributed by atoms with van der Waals surface area (Å²) in [5, 5.41) is 2.09. The molecule has 0 amide bonds. The lowest BCUT2D eigenvalue weighted by Crippen LogP contribution is -1.85. The third-order valence-corrected chi connectivity index (χ3v) is 5.25. The van der Waals surface area contributed by atoms with E-state index in [0.717, 1.165) is 17.4 Å². The molecular formula is C16H12OS2. The molecule has 2 aromatic heterocycles. The Kier molecular flexibility index (Phi) is 3.32. The second-order valence-electron chi connectivity index (χ2n) is 4.33. The Morgan fingerprint density at radius 2 is 1.84 bits per heavy atom. The summed E-state index contributed by atoms with van der Waals surface area (Å²) >= 11 is 3.55. The molecule has 3 aromatic rings. The van der Waals surface area contributed by atoms with Crippen LogP contribution in [0, 0.1) is 6.92 Å². The summed E-state index contributed by atoms with van der Waals surface area (Å²) < 4.78 is 0. The van der Waals surface area contributed by atoms with Crippen LogP contribution in [0.2, 0.25) is 0 Å². The molecule has 0 fully saturated rings. The molecule has 0 saturated heterocycles. The number of rotatable bonds is 3. The second kappa shape index (κ2) is 5.11. The first-order valence-corrected chi connectivity index (χ1v) is 7.67. The van der Waals surface area contributed by atoms with Crippen molar-refractivity contribution in [1.29, 1.82) is 0 Å². The summed E-state index contributed by atoms with van der Waals surface area (Å²) in [6.07, 6.45) is 0.907. The minimum absolute atomic E-state index is 0.763. The van der Waals surface area contributed by atoms with Gasteiger partial charge in [0.25, 0.3) is 0 Å². The van der Waals surface area contributed by atoms with Crippen LogP contribution in [-0.4, -0.2) is 6.29 Å². The van der Waals surface area contributed by atoms with Gasteiger partial charge in [-0.05, 0) is 47.7 Å². The number of carbonyl (C=O) groups excluding carboxylic acids is 1. The Bertz CT molecular complexity index is 708. The molecule has 3 rings (SSSR count). The highest BCUT2D eigenvalue weighted by Crippen LogP contribution is 2.36. The van der Waals surface area contributed by atoms with Gasteiger partial charge >= 0.3 is 0 Å². The summed E-state index contributed by atoms with van der Waals surface area (Å²) in [4.78, 5) is 14.7. The van der Waals surface area contributed by atoms with Gasteiger partial charge in [0.05, 0.1) is 0 Å². The predicted molar refractivity (Wildman–Crippen MR) is 83.2 cm³/mol. The van der Waals surface area contributed by atoms with Gasteiger partial charge in [-0.15, -0.1) is 22.7 Å². The second-order valence-corrected chi connectivity index (χ2v) is 6.36. The quantitative estimate of drug-likeness (QED) is 0.599. The number of aldehydes is 1. The summed E-state index contributed by atoms with van der Waals surface area (Å²) in [6.45, 7) is 1.97.